The molecular formula is C25H22ClFN2O2. The van der Waals surface area contributed by atoms with Crippen LogP contribution >= 0.6 is 11.6 Å². The van der Waals surface area contributed by atoms with Crippen molar-refractivity contribution < 1.29 is 14.0 Å². The van der Waals surface area contributed by atoms with Crippen molar-refractivity contribution in [3.05, 3.63) is 106 Å². The Morgan fingerprint density at radius 1 is 1.03 bits per heavy atom. The van der Waals surface area contributed by atoms with E-state index in [1.807, 2.05) is 38.1 Å². The fourth-order valence-corrected chi connectivity index (χ4v) is 4.16. The molecular weight excluding hydrogens is 415 g/mol. The second-order valence-electron chi connectivity index (χ2n) is 8.08. The standard InChI is InChI=1S/C25H22ClFN2O2/c1-25(2,17-9-11-18(26)12-10-17)29-22(20-5-3-4-6-21(20)24(29)31)23(30)28-15-16-7-13-19(27)14-8-16/h3-14,22H,15H2,1-2H3,(H,28,30). The summed E-state index contributed by atoms with van der Waals surface area (Å²) in [6, 6.07) is 19.6. The summed E-state index contributed by atoms with van der Waals surface area (Å²) in [6.07, 6.45) is 0. The van der Waals surface area contributed by atoms with Crippen LogP contribution in [0.4, 0.5) is 4.39 Å². The lowest BCUT2D eigenvalue weighted by Gasteiger charge is -2.40. The highest BCUT2D eigenvalue weighted by atomic mass is 35.5. The van der Waals surface area contributed by atoms with Crippen molar-refractivity contribution in [2.75, 3.05) is 0 Å². The smallest absolute Gasteiger partial charge is 0.255 e. The molecule has 1 aliphatic heterocycles. The summed E-state index contributed by atoms with van der Waals surface area (Å²) in [5.74, 6) is -0.816. The van der Waals surface area contributed by atoms with Gasteiger partial charge >= 0.3 is 0 Å². The summed E-state index contributed by atoms with van der Waals surface area (Å²) in [5.41, 5.74) is 2.07. The number of rotatable bonds is 5. The van der Waals surface area contributed by atoms with E-state index in [2.05, 4.69) is 5.32 Å². The van der Waals surface area contributed by atoms with Crippen molar-refractivity contribution in [1.82, 2.24) is 10.2 Å². The van der Waals surface area contributed by atoms with Gasteiger partial charge in [-0.2, -0.15) is 0 Å². The molecule has 4 rings (SSSR count). The van der Waals surface area contributed by atoms with E-state index in [4.69, 9.17) is 11.6 Å². The highest BCUT2D eigenvalue weighted by molar-refractivity contribution is 6.30. The molecule has 158 valence electrons. The Balaban J connectivity index is 1.68. The van der Waals surface area contributed by atoms with Crippen LogP contribution in [0.5, 0.6) is 0 Å². The number of halogens is 2. The van der Waals surface area contributed by atoms with E-state index in [1.54, 1.807) is 41.3 Å². The molecule has 0 saturated heterocycles. The second kappa shape index (κ2) is 8.16. The van der Waals surface area contributed by atoms with Crippen LogP contribution in [0.1, 0.15) is 46.9 Å². The second-order valence-corrected chi connectivity index (χ2v) is 8.51. The van der Waals surface area contributed by atoms with Gasteiger partial charge in [0.1, 0.15) is 11.9 Å². The van der Waals surface area contributed by atoms with E-state index >= 15 is 0 Å². The molecule has 1 N–H and O–H groups in total. The van der Waals surface area contributed by atoms with Crippen molar-refractivity contribution in [1.29, 1.82) is 0 Å². The fourth-order valence-electron chi connectivity index (χ4n) is 4.04. The predicted molar refractivity (Wildman–Crippen MR) is 118 cm³/mol. The zero-order valence-electron chi connectivity index (χ0n) is 17.2. The first-order valence-electron chi connectivity index (χ1n) is 10.00. The van der Waals surface area contributed by atoms with E-state index in [0.717, 1.165) is 11.1 Å². The minimum atomic E-state index is -0.783. The Hall–Kier alpha value is -3.18. The van der Waals surface area contributed by atoms with Crippen LogP contribution in [-0.2, 0) is 16.9 Å². The summed E-state index contributed by atoms with van der Waals surface area (Å²) in [6.45, 7) is 4.07. The average Bonchev–Trinajstić information content (AvgIpc) is 3.07. The summed E-state index contributed by atoms with van der Waals surface area (Å²) < 4.78 is 13.2. The van der Waals surface area contributed by atoms with Crippen LogP contribution in [0.25, 0.3) is 0 Å². The zero-order valence-corrected chi connectivity index (χ0v) is 18.0. The molecule has 0 saturated carbocycles. The van der Waals surface area contributed by atoms with Gasteiger partial charge in [-0.1, -0.05) is 54.1 Å². The molecule has 1 unspecified atom stereocenters. The van der Waals surface area contributed by atoms with Gasteiger partial charge in [-0.15, -0.1) is 0 Å². The lowest BCUT2D eigenvalue weighted by Crippen LogP contribution is -2.48. The van der Waals surface area contributed by atoms with Crippen LogP contribution in [0.3, 0.4) is 0 Å². The number of hydrogen-bond donors (Lipinski definition) is 1. The Bertz CT molecular complexity index is 1130. The predicted octanol–water partition coefficient (Wildman–Crippen LogP) is 5.23. The van der Waals surface area contributed by atoms with Crippen LogP contribution < -0.4 is 5.32 Å². The number of nitrogens with zero attached hydrogens (tertiary/aromatic N) is 1. The molecule has 0 aromatic heterocycles. The van der Waals surface area contributed by atoms with E-state index in [1.165, 1.54) is 12.1 Å². The Kier molecular flexibility index (Phi) is 5.54. The van der Waals surface area contributed by atoms with Gasteiger partial charge in [0.15, 0.2) is 0 Å². The maximum Gasteiger partial charge on any atom is 0.255 e. The molecule has 0 fully saturated rings. The van der Waals surface area contributed by atoms with E-state index in [0.29, 0.717) is 16.1 Å². The molecule has 0 spiro atoms. The normalized spacial score (nSPS) is 15.7. The van der Waals surface area contributed by atoms with Crippen LogP contribution in [-0.4, -0.2) is 16.7 Å². The molecule has 3 aromatic rings. The molecule has 1 atom stereocenters. The molecule has 0 bridgehead atoms. The molecule has 3 aromatic carbocycles. The maximum absolute atomic E-state index is 13.4. The molecule has 0 radical (unpaired) electrons. The van der Waals surface area contributed by atoms with Crippen LogP contribution in [0, 0.1) is 5.82 Å². The third kappa shape index (κ3) is 3.93. The topological polar surface area (TPSA) is 49.4 Å². The first-order valence-corrected chi connectivity index (χ1v) is 10.4. The van der Waals surface area contributed by atoms with Gasteiger partial charge in [-0.25, -0.2) is 4.39 Å². The van der Waals surface area contributed by atoms with Gasteiger partial charge in [-0.05, 0) is 60.9 Å². The first-order chi connectivity index (χ1) is 14.8. The number of benzene rings is 3. The number of hydrogen-bond acceptors (Lipinski definition) is 2. The molecule has 31 heavy (non-hydrogen) atoms. The fraction of sp³-hybridized carbons (Fsp3) is 0.200. The average molecular weight is 437 g/mol. The van der Waals surface area contributed by atoms with Crippen molar-refractivity contribution in [3.63, 3.8) is 0 Å². The quantitative estimate of drug-likeness (QED) is 0.595. The largest absolute Gasteiger partial charge is 0.350 e. The van der Waals surface area contributed by atoms with Gasteiger partial charge in [-0.3, -0.25) is 9.59 Å². The number of carbonyl (C=O) groups is 2. The number of carbonyl (C=O) groups excluding carboxylic acids is 2. The number of fused-ring (bicyclic) bond motifs is 1. The van der Waals surface area contributed by atoms with Gasteiger partial charge in [0.25, 0.3) is 5.91 Å². The van der Waals surface area contributed by atoms with Crippen molar-refractivity contribution >= 4 is 23.4 Å². The van der Waals surface area contributed by atoms with Gasteiger partial charge in [0.2, 0.25) is 5.91 Å². The molecule has 4 nitrogen and oxygen atoms in total. The van der Waals surface area contributed by atoms with Gasteiger partial charge < -0.3 is 10.2 Å². The molecule has 0 aliphatic carbocycles. The highest BCUT2D eigenvalue weighted by Gasteiger charge is 2.48. The monoisotopic (exact) mass is 436 g/mol. The molecule has 2 amide bonds. The zero-order chi connectivity index (χ0) is 22.2. The van der Waals surface area contributed by atoms with Crippen molar-refractivity contribution in [2.45, 2.75) is 32.0 Å². The first kappa shape index (κ1) is 21.1. The van der Waals surface area contributed by atoms with E-state index < -0.39 is 11.6 Å². The Morgan fingerprint density at radius 2 is 1.68 bits per heavy atom. The molecule has 1 aliphatic rings. The minimum Gasteiger partial charge on any atom is -0.350 e. The summed E-state index contributed by atoms with van der Waals surface area (Å²) in [5, 5.41) is 3.51. The minimum absolute atomic E-state index is 0.197. The lowest BCUT2D eigenvalue weighted by molar-refractivity contribution is -0.127. The van der Waals surface area contributed by atoms with E-state index in [9.17, 15) is 14.0 Å². The lowest BCUT2D eigenvalue weighted by atomic mass is 9.90. The summed E-state index contributed by atoms with van der Waals surface area (Å²) in [4.78, 5) is 28.4. The third-order valence-electron chi connectivity index (χ3n) is 5.74. The van der Waals surface area contributed by atoms with Crippen molar-refractivity contribution in [2.24, 2.45) is 0 Å². The van der Waals surface area contributed by atoms with Crippen molar-refractivity contribution in [3.8, 4) is 0 Å². The van der Waals surface area contributed by atoms with Crippen LogP contribution in [0.15, 0.2) is 72.8 Å². The number of nitrogens with one attached hydrogen (secondary N) is 1. The molecule has 1 heterocycles. The summed E-state index contributed by atoms with van der Waals surface area (Å²) >= 11 is 6.04. The van der Waals surface area contributed by atoms with Crippen LogP contribution in [0.2, 0.25) is 5.02 Å². The third-order valence-corrected chi connectivity index (χ3v) is 6.00. The van der Waals surface area contributed by atoms with E-state index in [-0.39, 0.29) is 24.2 Å². The Morgan fingerprint density at radius 3 is 2.35 bits per heavy atom. The van der Waals surface area contributed by atoms with Gasteiger partial charge in [0, 0.05) is 17.1 Å². The highest BCUT2D eigenvalue weighted by Crippen LogP contribution is 2.43. The summed E-state index contributed by atoms with van der Waals surface area (Å²) in [7, 11) is 0. The maximum atomic E-state index is 13.4. The SMILES string of the molecule is CC(C)(c1ccc(Cl)cc1)N1C(=O)c2ccccc2C1C(=O)NCc1ccc(F)cc1. The Labute approximate surface area is 185 Å². The van der Waals surface area contributed by atoms with Gasteiger partial charge in [0.05, 0.1) is 5.54 Å². The number of amides is 2. The molecule has 6 heteroatoms.